The molecule has 35 heavy (non-hydrogen) atoms. The standard InChI is InChI=1S/C33H24N2/c1-23-12-14-25(15-13-23)28-18-19-29(30-10-7-21-35-33(28)30)31-22-26(32-11-5-6-20-34-32)16-17-27(31)24-8-3-2-4-9-24/h2-22H,1H3. The van der Waals surface area contributed by atoms with E-state index < -0.39 is 0 Å². The van der Waals surface area contributed by atoms with E-state index in [0.717, 1.165) is 27.7 Å². The maximum Gasteiger partial charge on any atom is 0.0786 e. The molecule has 2 heterocycles. The van der Waals surface area contributed by atoms with E-state index >= 15 is 0 Å². The van der Waals surface area contributed by atoms with Gasteiger partial charge in [-0.25, -0.2) is 0 Å². The van der Waals surface area contributed by atoms with E-state index in [1.54, 1.807) is 0 Å². The van der Waals surface area contributed by atoms with Crippen molar-refractivity contribution in [3.05, 3.63) is 133 Å². The summed E-state index contributed by atoms with van der Waals surface area (Å²) in [6.45, 7) is 2.11. The zero-order chi connectivity index (χ0) is 23.6. The maximum absolute atomic E-state index is 4.84. The van der Waals surface area contributed by atoms with Gasteiger partial charge in [0.2, 0.25) is 0 Å². The van der Waals surface area contributed by atoms with Crippen LogP contribution in [-0.4, -0.2) is 9.97 Å². The number of aromatic nitrogens is 2. The summed E-state index contributed by atoms with van der Waals surface area (Å²) in [5.41, 5.74) is 11.4. The van der Waals surface area contributed by atoms with Crippen LogP contribution in [0.2, 0.25) is 0 Å². The minimum atomic E-state index is 0.965. The Kier molecular flexibility index (Phi) is 5.40. The first kappa shape index (κ1) is 21.0. The van der Waals surface area contributed by atoms with Crippen LogP contribution in [0, 0.1) is 6.92 Å². The Labute approximate surface area is 205 Å². The van der Waals surface area contributed by atoms with Crippen LogP contribution < -0.4 is 0 Å². The van der Waals surface area contributed by atoms with Gasteiger partial charge in [-0.15, -0.1) is 0 Å². The molecule has 2 aromatic heterocycles. The predicted octanol–water partition coefficient (Wildman–Crippen LogP) is 8.61. The van der Waals surface area contributed by atoms with Crippen molar-refractivity contribution in [3.8, 4) is 44.6 Å². The number of hydrogen-bond acceptors (Lipinski definition) is 2. The molecule has 6 rings (SSSR count). The Balaban J connectivity index is 1.61. The smallest absolute Gasteiger partial charge is 0.0786 e. The van der Waals surface area contributed by atoms with Gasteiger partial charge in [-0.1, -0.05) is 96.6 Å². The Morgan fingerprint density at radius 1 is 0.457 bits per heavy atom. The second-order valence-electron chi connectivity index (χ2n) is 8.77. The van der Waals surface area contributed by atoms with E-state index in [4.69, 9.17) is 4.98 Å². The van der Waals surface area contributed by atoms with Gasteiger partial charge in [0.1, 0.15) is 0 Å². The molecule has 6 aromatic rings. The fourth-order valence-corrected chi connectivity index (χ4v) is 4.70. The summed E-state index contributed by atoms with van der Waals surface area (Å²) < 4.78 is 0. The zero-order valence-electron chi connectivity index (χ0n) is 19.5. The topological polar surface area (TPSA) is 25.8 Å². The lowest BCUT2D eigenvalue weighted by Crippen LogP contribution is -1.92. The van der Waals surface area contributed by atoms with Gasteiger partial charge in [0.15, 0.2) is 0 Å². The maximum atomic E-state index is 4.84. The van der Waals surface area contributed by atoms with Crippen LogP contribution in [0.1, 0.15) is 5.56 Å². The third-order valence-electron chi connectivity index (χ3n) is 6.49. The monoisotopic (exact) mass is 448 g/mol. The summed E-state index contributed by atoms with van der Waals surface area (Å²) in [7, 11) is 0. The lowest BCUT2D eigenvalue weighted by atomic mass is 9.88. The largest absolute Gasteiger partial charge is 0.256 e. The van der Waals surface area contributed by atoms with Gasteiger partial charge in [0, 0.05) is 28.9 Å². The van der Waals surface area contributed by atoms with Crippen molar-refractivity contribution in [3.63, 3.8) is 0 Å². The highest BCUT2D eigenvalue weighted by Gasteiger charge is 2.15. The molecule has 0 aliphatic carbocycles. The first-order chi connectivity index (χ1) is 17.3. The fourth-order valence-electron chi connectivity index (χ4n) is 4.70. The van der Waals surface area contributed by atoms with Gasteiger partial charge < -0.3 is 0 Å². The highest BCUT2D eigenvalue weighted by molar-refractivity contribution is 6.05. The van der Waals surface area contributed by atoms with Gasteiger partial charge in [-0.2, -0.15) is 0 Å². The lowest BCUT2D eigenvalue weighted by Gasteiger charge is -2.16. The van der Waals surface area contributed by atoms with Crippen LogP contribution in [0.5, 0.6) is 0 Å². The first-order valence-corrected chi connectivity index (χ1v) is 11.8. The molecule has 166 valence electrons. The summed E-state index contributed by atoms with van der Waals surface area (Å²) in [6, 6.07) is 40.6. The SMILES string of the molecule is Cc1ccc(-c2ccc(-c3cc(-c4ccccn4)ccc3-c3ccccc3)c3cccnc23)cc1. The number of benzene rings is 4. The van der Waals surface area contributed by atoms with Gasteiger partial charge in [-0.3, -0.25) is 9.97 Å². The molecule has 0 bridgehead atoms. The minimum Gasteiger partial charge on any atom is -0.256 e. The van der Waals surface area contributed by atoms with E-state index in [1.165, 1.54) is 33.4 Å². The second kappa shape index (κ2) is 9.00. The Hall–Kier alpha value is -4.56. The number of hydrogen-bond donors (Lipinski definition) is 0. The normalized spacial score (nSPS) is 11.0. The molecular formula is C33H24N2. The van der Waals surface area contributed by atoms with Crippen molar-refractivity contribution in [2.75, 3.05) is 0 Å². The third-order valence-corrected chi connectivity index (χ3v) is 6.49. The molecule has 0 saturated carbocycles. The highest BCUT2D eigenvalue weighted by Crippen LogP contribution is 2.40. The van der Waals surface area contributed by atoms with Crippen molar-refractivity contribution in [1.29, 1.82) is 0 Å². The Morgan fingerprint density at radius 2 is 1.14 bits per heavy atom. The quantitative estimate of drug-likeness (QED) is 0.270. The molecule has 0 aliphatic heterocycles. The summed E-state index contributed by atoms with van der Waals surface area (Å²) in [5.74, 6) is 0. The van der Waals surface area contributed by atoms with Gasteiger partial charge in [0.25, 0.3) is 0 Å². The van der Waals surface area contributed by atoms with E-state index in [-0.39, 0.29) is 0 Å². The molecule has 0 unspecified atom stereocenters. The van der Waals surface area contributed by atoms with E-state index in [2.05, 4.69) is 109 Å². The molecule has 2 nitrogen and oxygen atoms in total. The number of aryl methyl sites for hydroxylation is 1. The summed E-state index contributed by atoms with van der Waals surface area (Å²) in [4.78, 5) is 9.43. The molecule has 0 amide bonds. The summed E-state index contributed by atoms with van der Waals surface area (Å²) in [5, 5.41) is 1.14. The number of pyridine rings is 2. The summed E-state index contributed by atoms with van der Waals surface area (Å²) >= 11 is 0. The molecule has 0 radical (unpaired) electrons. The van der Waals surface area contributed by atoms with E-state index in [1.807, 2.05) is 30.6 Å². The van der Waals surface area contributed by atoms with Gasteiger partial charge >= 0.3 is 0 Å². The van der Waals surface area contributed by atoms with Crippen LogP contribution in [0.4, 0.5) is 0 Å². The van der Waals surface area contributed by atoms with Gasteiger partial charge in [0.05, 0.1) is 11.2 Å². The average Bonchev–Trinajstić information content (AvgIpc) is 2.94. The second-order valence-corrected chi connectivity index (χ2v) is 8.77. The number of rotatable bonds is 4. The van der Waals surface area contributed by atoms with Crippen LogP contribution in [0.3, 0.4) is 0 Å². The predicted molar refractivity (Wildman–Crippen MR) is 146 cm³/mol. The summed E-state index contributed by atoms with van der Waals surface area (Å²) in [6.07, 6.45) is 3.72. The van der Waals surface area contributed by atoms with Crippen molar-refractivity contribution in [2.24, 2.45) is 0 Å². The third kappa shape index (κ3) is 4.00. The van der Waals surface area contributed by atoms with Crippen molar-refractivity contribution >= 4 is 10.9 Å². The lowest BCUT2D eigenvalue weighted by molar-refractivity contribution is 1.33. The van der Waals surface area contributed by atoms with Crippen LogP contribution in [0.15, 0.2) is 128 Å². The van der Waals surface area contributed by atoms with E-state index in [9.17, 15) is 0 Å². The molecule has 4 aromatic carbocycles. The molecule has 0 saturated heterocycles. The molecule has 0 aliphatic rings. The van der Waals surface area contributed by atoms with Crippen molar-refractivity contribution in [2.45, 2.75) is 6.92 Å². The van der Waals surface area contributed by atoms with Crippen LogP contribution >= 0.6 is 0 Å². The average molecular weight is 449 g/mol. The van der Waals surface area contributed by atoms with Crippen LogP contribution in [-0.2, 0) is 0 Å². The van der Waals surface area contributed by atoms with E-state index in [0.29, 0.717) is 0 Å². The molecule has 2 heteroatoms. The number of fused-ring (bicyclic) bond motifs is 1. The Bertz CT molecular complexity index is 1620. The molecular weight excluding hydrogens is 424 g/mol. The molecule has 0 atom stereocenters. The van der Waals surface area contributed by atoms with Crippen molar-refractivity contribution < 1.29 is 0 Å². The molecule has 0 fully saturated rings. The first-order valence-electron chi connectivity index (χ1n) is 11.8. The van der Waals surface area contributed by atoms with Crippen LogP contribution in [0.25, 0.3) is 55.5 Å². The number of nitrogens with zero attached hydrogens (tertiary/aromatic N) is 2. The van der Waals surface area contributed by atoms with Gasteiger partial charge in [-0.05, 0) is 59.0 Å². The Morgan fingerprint density at radius 3 is 1.94 bits per heavy atom. The highest BCUT2D eigenvalue weighted by atomic mass is 14.7. The fraction of sp³-hybridized carbons (Fsp3) is 0.0303. The zero-order valence-corrected chi connectivity index (χ0v) is 19.5. The molecule has 0 spiro atoms. The van der Waals surface area contributed by atoms with Crippen molar-refractivity contribution in [1.82, 2.24) is 9.97 Å². The minimum absolute atomic E-state index is 0.965. The molecule has 0 N–H and O–H groups in total.